The predicted molar refractivity (Wildman–Crippen MR) is 109 cm³/mol. The fourth-order valence-electron chi connectivity index (χ4n) is 2.58. The van der Waals surface area contributed by atoms with E-state index >= 15 is 0 Å². The summed E-state index contributed by atoms with van der Waals surface area (Å²) in [4.78, 5) is 12.2. The van der Waals surface area contributed by atoms with Crippen molar-refractivity contribution >= 4 is 16.1 Å². The molecule has 0 aromatic heterocycles. The lowest BCUT2D eigenvalue weighted by atomic mass is 10.1. The third kappa shape index (κ3) is 5.66. The highest BCUT2D eigenvalue weighted by Gasteiger charge is 2.18. The minimum Gasteiger partial charge on any atom is -0.425 e. The molecule has 0 bridgehead atoms. The van der Waals surface area contributed by atoms with Crippen LogP contribution in [0.25, 0.3) is 0 Å². The van der Waals surface area contributed by atoms with Gasteiger partial charge in [0, 0.05) is 0 Å². The predicted octanol–water partition coefficient (Wildman–Crippen LogP) is 3.24. The van der Waals surface area contributed by atoms with Crippen molar-refractivity contribution in [2.75, 3.05) is 0 Å². The molecule has 0 saturated carbocycles. The number of rotatable bonds is 7. The second-order valence-corrected chi connectivity index (χ2v) is 8.09. The molecule has 29 heavy (non-hydrogen) atoms. The van der Waals surface area contributed by atoms with Crippen molar-refractivity contribution in [3.8, 4) is 11.5 Å². The van der Waals surface area contributed by atoms with E-state index in [-0.39, 0.29) is 17.1 Å². The van der Waals surface area contributed by atoms with Crippen LogP contribution in [-0.2, 0) is 21.3 Å². The van der Waals surface area contributed by atoms with Gasteiger partial charge < -0.3 is 14.7 Å². The summed E-state index contributed by atoms with van der Waals surface area (Å²) in [5.41, 5.74) is 7.63. The minimum absolute atomic E-state index is 0.0813. The Labute approximate surface area is 170 Å². The van der Waals surface area contributed by atoms with Crippen molar-refractivity contribution in [1.29, 1.82) is 0 Å². The fourth-order valence-corrected chi connectivity index (χ4v) is 3.51. The van der Waals surface area contributed by atoms with Crippen LogP contribution in [0.1, 0.15) is 11.1 Å². The van der Waals surface area contributed by atoms with Gasteiger partial charge in [0.1, 0.15) is 22.4 Å². The van der Waals surface area contributed by atoms with Crippen LogP contribution in [0.4, 0.5) is 0 Å². The minimum atomic E-state index is -3.91. The van der Waals surface area contributed by atoms with Gasteiger partial charge in [-0.3, -0.25) is 0 Å². The number of para-hydroxylation sites is 1. The summed E-state index contributed by atoms with van der Waals surface area (Å²) in [5, 5.41) is 0. The maximum atomic E-state index is 12.3. The molecule has 2 N–H and O–H groups in total. The Morgan fingerprint density at radius 1 is 0.897 bits per heavy atom. The zero-order valence-corrected chi connectivity index (χ0v) is 16.6. The Kier molecular flexibility index (Phi) is 6.31. The summed E-state index contributed by atoms with van der Waals surface area (Å²) < 4.78 is 35.1. The van der Waals surface area contributed by atoms with Gasteiger partial charge in [-0.15, -0.1) is 0 Å². The topological polar surface area (TPSA) is 95.7 Å². The molecule has 0 heterocycles. The van der Waals surface area contributed by atoms with Gasteiger partial charge in [-0.2, -0.15) is 8.42 Å². The molecule has 0 amide bonds. The number of nitrogens with two attached hydrogens (primary N) is 1. The lowest BCUT2D eigenvalue weighted by molar-refractivity contribution is -0.135. The average Bonchev–Trinajstić information content (AvgIpc) is 2.70. The van der Waals surface area contributed by atoms with E-state index in [0.29, 0.717) is 5.75 Å². The van der Waals surface area contributed by atoms with E-state index in [1.54, 1.807) is 48.5 Å². The van der Waals surface area contributed by atoms with Crippen molar-refractivity contribution in [2.24, 2.45) is 5.73 Å². The highest BCUT2D eigenvalue weighted by Crippen LogP contribution is 2.20. The summed E-state index contributed by atoms with van der Waals surface area (Å²) in [6, 6.07) is 20.6. The van der Waals surface area contributed by atoms with E-state index in [1.165, 1.54) is 24.3 Å². The smallest absolute Gasteiger partial charge is 0.339 e. The lowest BCUT2D eigenvalue weighted by Crippen LogP contribution is -2.36. The number of carbonyl (C=O) groups excluding carboxylic acids is 1. The maximum absolute atomic E-state index is 12.3. The summed E-state index contributed by atoms with van der Waals surface area (Å²) in [7, 11) is -3.91. The first-order valence-electron chi connectivity index (χ1n) is 8.96. The van der Waals surface area contributed by atoms with Crippen LogP contribution in [0.15, 0.2) is 83.8 Å². The molecule has 0 aliphatic carbocycles. The highest BCUT2D eigenvalue weighted by molar-refractivity contribution is 7.87. The molecular formula is C22H21NO5S. The molecule has 3 aromatic carbocycles. The van der Waals surface area contributed by atoms with Gasteiger partial charge in [-0.05, 0) is 55.3 Å². The average molecular weight is 411 g/mol. The standard InChI is InChI=1S/C22H21NO5S/c1-16-7-13-20(14-8-16)29(25,26)28-19-11-9-17(10-12-19)15-21(23)22(24)27-18-5-3-2-4-6-18/h2-14,21H,15,23H2,1H3/t21-/m0/s1. The number of hydrogen-bond acceptors (Lipinski definition) is 6. The van der Waals surface area contributed by atoms with Crippen molar-refractivity contribution in [3.05, 3.63) is 90.0 Å². The maximum Gasteiger partial charge on any atom is 0.339 e. The third-order valence-electron chi connectivity index (χ3n) is 4.16. The van der Waals surface area contributed by atoms with Gasteiger partial charge >= 0.3 is 16.1 Å². The van der Waals surface area contributed by atoms with Crippen molar-refractivity contribution < 1.29 is 22.1 Å². The number of ether oxygens (including phenoxy) is 1. The van der Waals surface area contributed by atoms with E-state index in [9.17, 15) is 13.2 Å². The van der Waals surface area contributed by atoms with Crippen molar-refractivity contribution in [1.82, 2.24) is 0 Å². The summed E-state index contributed by atoms with van der Waals surface area (Å²) in [5.74, 6) is 0.0613. The van der Waals surface area contributed by atoms with Gasteiger partial charge in [0.2, 0.25) is 0 Å². The third-order valence-corrected chi connectivity index (χ3v) is 5.42. The van der Waals surface area contributed by atoms with E-state index in [1.807, 2.05) is 13.0 Å². The largest absolute Gasteiger partial charge is 0.425 e. The molecular weight excluding hydrogens is 390 g/mol. The van der Waals surface area contributed by atoms with Gasteiger partial charge in [-0.25, -0.2) is 4.79 Å². The van der Waals surface area contributed by atoms with Crippen molar-refractivity contribution in [3.63, 3.8) is 0 Å². The number of hydrogen-bond donors (Lipinski definition) is 1. The van der Waals surface area contributed by atoms with E-state index < -0.39 is 22.1 Å². The first kappa shape index (κ1) is 20.6. The highest BCUT2D eigenvalue weighted by atomic mass is 32.2. The molecule has 1 atom stereocenters. The number of esters is 1. The molecule has 3 aromatic rings. The molecule has 150 valence electrons. The number of carbonyl (C=O) groups is 1. The monoisotopic (exact) mass is 411 g/mol. The first-order chi connectivity index (χ1) is 13.8. The zero-order valence-electron chi connectivity index (χ0n) is 15.8. The van der Waals surface area contributed by atoms with Crippen LogP contribution in [0.2, 0.25) is 0 Å². The van der Waals surface area contributed by atoms with Crippen LogP contribution in [0.3, 0.4) is 0 Å². The van der Waals surface area contributed by atoms with E-state index in [0.717, 1.165) is 11.1 Å². The molecule has 3 rings (SSSR count). The van der Waals surface area contributed by atoms with Crippen LogP contribution >= 0.6 is 0 Å². The molecule has 0 spiro atoms. The van der Waals surface area contributed by atoms with Gasteiger partial charge in [0.15, 0.2) is 0 Å². The Hall–Kier alpha value is -3.16. The summed E-state index contributed by atoms with van der Waals surface area (Å²) in [6.07, 6.45) is 0.247. The molecule has 0 aliphatic rings. The Bertz CT molecular complexity index is 1060. The molecule has 7 heteroatoms. The Balaban J connectivity index is 1.61. The molecule has 0 fully saturated rings. The molecule has 6 nitrogen and oxygen atoms in total. The molecule has 0 unspecified atom stereocenters. The van der Waals surface area contributed by atoms with Crippen LogP contribution in [0.5, 0.6) is 11.5 Å². The van der Waals surface area contributed by atoms with Crippen LogP contribution in [0, 0.1) is 6.92 Å². The lowest BCUT2D eigenvalue weighted by Gasteiger charge is -2.12. The summed E-state index contributed by atoms with van der Waals surface area (Å²) >= 11 is 0. The van der Waals surface area contributed by atoms with Crippen LogP contribution in [-0.4, -0.2) is 20.4 Å². The number of benzene rings is 3. The summed E-state index contributed by atoms with van der Waals surface area (Å²) in [6.45, 7) is 1.87. The van der Waals surface area contributed by atoms with E-state index in [4.69, 9.17) is 14.7 Å². The SMILES string of the molecule is Cc1ccc(S(=O)(=O)Oc2ccc(C[C@H](N)C(=O)Oc3ccccc3)cc2)cc1. The van der Waals surface area contributed by atoms with E-state index in [2.05, 4.69) is 0 Å². The molecule has 0 aliphatic heterocycles. The second kappa shape index (κ2) is 8.89. The zero-order chi connectivity index (χ0) is 20.9. The van der Waals surface area contributed by atoms with Crippen molar-refractivity contribution in [2.45, 2.75) is 24.3 Å². The number of aryl methyl sites for hydroxylation is 1. The van der Waals surface area contributed by atoms with Gasteiger partial charge in [0.05, 0.1) is 0 Å². The fraction of sp³-hybridized carbons (Fsp3) is 0.136. The molecule has 0 radical (unpaired) electrons. The second-order valence-electron chi connectivity index (χ2n) is 6.54. The van der Waals surface area contributed by atoms with Gasteiger partial charge in [0.25, 0.3) is 0 Å². The molecule has 0 saturated heterocycles. The quantitative estimate of drug-likeness (QED) is 0.364. The Morgan fingerprint density at radius 3 is 2.14 bits per heavy atom. The van der Waals surface area contributed by atoms with Gasteiger partial charge in [-0.1, -0.05) is 48.0 Å². The first-order valence-corrected chi connectivity index (χ1v) is 10.4. The normalized spacial score (nSPS) is 12.2. The van der Waals surface area contributed by atoms with Crippen LogP contribution < -0.4 is 14.7 Å². The Morgan fingerprint density at radius 2 is 1.52 bits per heavy atom.